The lowest BCUT2D eigenvalue weighted by Gasteiger charge is -2.56. The van der Waals surface area contributed by atoms with E-state index < -0.39 is 0 Å². The van der Waals surface area contributed by atoms with Gasteiger partial charge < -0.3 is 5.32 Å². The first-order valence-electron chi connectivity index (χ1n) is 7.57. The average molecular weight is 233 g/mol. The van der Waals surface area contributed by atoms with Crippen molar-refractivity contribution in [3.8, 4) is 0 Å². The zero-order chi connectivity index (χ0) is 11.4. The number of ketones is 1. The highest BCUT2D eigenvalue weighted by molar-refractivity contribution is 5.85. The number of piperidine rings is 1. The third-order valence-electron chi connectivity index (χ3n) is 6.00. The lowest BCUT2D eigenvalue weighted by molar-refractivity contribution is -0.130. The van der Waals surface area contributed by atoms with Crippen molar-refractivity contribution in [3.05, 3.63) is 0 Å². The average Bonchev–Trinajstić information content (AvgIpc) is 2.30. The fourth-order valence-electron chi connectivity index (χ4n) is 5.65. The standard InChI is InChI=1S/C15H23NO/c17-13-2-1-3-16-15(13)14-11-5-9-4-10(7-11)8-12(14)6-9/h9-12,14-16H,1-8H2. The van der Waals surface area contributed by atoms with E-state index in [1.54, 1.807) is 0 Å². The molecule has 4 bridgehead atoms. The summed E-state index contributed by atoms with van der Waals surface area (Å²) in [5.41, 5.74) is 0. The van der Waals surface area contributed by atoms with Crippen LogP contribution in [-0.2, 0) is 4.79 Å². The summed E-state index contributed by atoms with van der Waals surface area (Å²) in [6.07, 6.45) is 9.13. The van der Waals surface area contributed by atoms with E-state index in [0.717, 1.165) is 43.1 Å². The molecule has 0 aromatic rings. The first-order valence-corrected chi connectivity index (χ1v) is 7.57. The Balaban J connectivity index is 1.59. The van der Waals surface area contributed by atoms with Gasteiger partial charge in [0.1, 0.15) is 5.78 Å². The molecule has 0 spiro atoms. The Morgan fingerprint density at radius 3 is 2.18 bits per heavy atom. The van der Waals surface area contributed by atoms with Crippen LogP contribution >= 0.6 is 0 Å². The maximum absolute atomic E-state index is 12.2. The fourth-order valence-corrected chi connectivity index (χ4v) is 5.65. The van der Waals surface area contributed by atoms with Crippen LogP contribution in [-0.4, -0.2) is 18.4 Å². The minimum absolute atomic E-state index is 0.235. The first-order chi connectivity index (χ1) is 8.31. The second-order valence-corrected chi connectivity index (χ2v) is 7.01. The number of Topliss-reactive ketones (excluding diaryl/α,β-unsaturated/α-hetero) is 1. The topological polar surface area (TPSA) is 29.1 Å². The van der Waals surface area contributed by atoms with Crippen molar-refractivity contribution >= 4 is 5.78 Å². The molecule has 5 fully saturated rings. The summed E-state index contributed by atoms with van der Waals surface area (Å²) in [4.78, 5) is 12.2. The van der Waals surface area contributed by atoms with Crippen molar-refractivity contribution in [2.45, 2.75) is 51.0 Å². The quantitative estimate of drug-likeness (QED) is 0.753. The Labute approximate surface area is 104 Å². The lowest BCUT2D eigenvalue weighted by atomic mass is 9.50. The van der Waals surface area contributed by atoms with Crippen LogP contribution < -0.4 is 5.32 Å². The molecular formula is C15H23NO. The maximum Gasteiger partial charge on any atom is 0.150 e. The van der Waals surface area contributed by atoms with E-state index >= 15 is 0 Å². The monoisotopic (exact) mass is 233 g/mol. The van der Waals surface area contributed by atoms with Gasteiger partial charge in [-0.1, -0.05) is 0 Å². The van der Waals surface area contributed by atoms with Gasteiger partial charge in [-0.05, 0) is 74.7 Å². The number of carbonyl (C=O) groups excluding carboxylic acids is 1. The molecule has 0 radical (unpaired) electrons. The molecule has 2 nitrogen and oxygen atoms in total. The number of rotatable bonds is 1. The third kappa shape index (κ3) is 1.60. The molecule has 0 aromatic carbocycles. The van der Waals surface area contributed by atoms with E-state index in [4.69, 9.17) is 0 Å². The molecule has 5 aliphatic rings. The van der Waals surface area contributed by atoms with Crippen molar-refractivity contribution in [3.63, 3.8) is 0 Å². The molecule has 1 atom stereocenters. The largest absolute Gasteiger partial charge is 0.307 e. The van der Waals surface area contributed by atoms with Crippen molar-refractivity contribution in [1.82, 2.24) is 5.32 Å². The molecule has 17 heavy (non-hydrogen) atoms. The Bertz CT molecular complexity index is 310. The van der Waals surface area contributed by atoms with Gasteiger partial charge >= 0.3 is 0 Å². The Hall–Kier alpha value is -0.370. The van der Waals surface area contributed by atoms with E-state index in [-0.39, 0.29) is 6.04 Å². The Morgan fingerprint density at radius 2 is 1.59 bits per heavy atom. The molecule has 5 rings (SSSR count). The second kappa shape index (κ2) is 3.81. The molecule has 1 N–H and O–H groups in total. The predicted octanol–water partition coefficient (Wildman–Crippen LogP) is 2.38. The fraction of sp³-hybridized carbons (Fsp3) is 0.933. The SMILES string of the molecule is O=C1CCCNC1C1C2CC3CC(C2)CC1C3. The van der Waals surface area contributed by atoms with Crippen molar-refractivity contribution in [2.75, 3.05) is 6.54 Å². The van der Waals surface area contributed by atoms with Gasteiger partial charge in [-0.15, -0.1) is 0 Å². The molecule has 0 aromatic heterocycles. The van der Waals surface area contributed by atoms with Gasteiger partial charge in [0, 0.05) is 6.42 Å². The highest BCUT2D eigenvalue weighted by Crippen LogP contribution is 2.57. The minimum Gasteiger partial charge on any atom is -0.307 e. The maximum atomic E-state index is 12.2. The number of nitrogens with one attached hydrogen (secondary N) is 1. The summed E-state index contributed by atoms with van der Waals surface area (Å²) in [6.45, 7) is 1.07. The predicted molar refractivity (Wildman–Crippen MR) is 66.6 cm³/mol. The van der Waals surface area contributed by atoms with Crippen molar-refractivity contribution in [2.24, 2.45) is 29.6 Å². The zero-order valence-electron chi connectivity index (χ0n) is 10.5. The van der Waals surface area contributed by atoms with E-state index in [0.29, 0.717) is 11.7 Å². The van der Waals surface area contributed by atoms with Gasteiger partial charge in [-0.25, -0.2) is 0 Å². The highest BCUT2D eigenvalue weighted by atomic mass is 16.1. The van der Waals surface area contributed by atoms with Crippen molar-refractivity contribution < 1.29 is 4.79 Å². The van der Waals surface area contributed by atoms with E-state index in [2.05, 4.69) is 5.32 Å². The molecule has 94 valence electrons. The normalized spacial score (nSPS) is 53.1. The first kappa shape index (κ1) is 10.5. The number of carbonyl (C=O) groups is 1. The van der Waals surface area contributed by atoms with Crippen LogP contribution in [0, 0.1) is 29.6 Å². The molecule has 1 heterocycles. The van der Waals surface area contributed by atoms with E-state index in [9.17, 15) is 4.79 Å². The highest BCUT2D eigenvalue weighted by Gasteiger charge is 2.51. The number of hydrogen-bond donors (Lipinski definition) is 1. The lowest BCUT2D eigenvalue weighted by Crippen LogP contribution is -2.57. The van der Waals surface area contributed by atoms with Crippen LogP contribution in [0.3, 0.4) is 0 Å². The molecule has 1 aliphatic heterocycles. The van der Waals surface area contributed by atoms with Gasteiger partial charge in [0.15, 0.2) is 0 Å². The molecular weight excluding hydrogens is 210 g/mol. The van der Waals surface area contributed by atoms with Crippen LogP contribution in [0.5, 0.6) is 0 Å². The van der Waals surface area contributed by atoms with Crippen LogP contribution in [0.2, 0.25) is 0 Å². The summed E-state index contributed by atoms with van der Waals surface area (Å²) in [5.74, 6) is 5.03. The molecule has 4 aliphatic carbocycles. The molecule has 4 saturated carbocycles. The van der Waals surface area contributed by atoms with E-state index in [1.807, 2.05) is 0 Å². The molecule has 0 amide bonds. The third-order valence-corrected chi connectivity index (χ3v) is 6.00. The van der Waals surface area contributed by atoms with Crippen LogP contribution in [0.15, 0.2) is 0 Å². The Kier molecular flexibility index (Phi) is 2.36. The molecule has 1 unspecified atom stereocenters. The van der Waals surface area contributed by atoms with Crippen molar-refractivity contribution in [1.29, 1.82) is 0 Å². The van der Waals surface area contributed by atoms with Gasteiger partial charge in [-0.2, -0.15) is 0 Å². The smallest absolute Gasteiger partial charge is 0.150 e. The number of hydrogen-bond acceptors (Lipinski definition) is 2. The van der Waals surface area contributed by atoms with Gasteiger partial charge in [0.25, 0.3) is 0 Å². The van der Waals surface area contributed by atoms with Crippen LogP contribution in [0.1, 0.15) is 44.9 Å². The summed E-state index contributed by atoms with van der Waals surface area (Å²) >= 11 is 0. The summed E-state index contributed by atoms with van der Waals surface area (Å²) in [6, 6.07) is 0.235. The van der Waals surface area contributed by atoms with Gasteiger partial charge in [0.05, 0.1) is 6.04 Å². The zero-order valence-corrected chi connectivity index (χ0v) is 10.5. The van der Waals surface area contributed by atoms with Crippen LogP contribution in [0.4, 0.5) is 0 Å². The minimum atomic E-state index is 0.235. The Morgan fingerprint density at radius 1 is 0.941 bits per heavy atom. The summed E-state index contributed by atoms with van der Waals surface area (Å²) in [5, 5.41) is 3.55. The second-order valence-electron chi connectivity index (χ2n) is 7.01. The van der Waals surface area contributed by atoms with E-state index in [1.165, 1.54) is 32.1 Å². The molecule has 2 heteroatoms. The summed E-state index contributed by atoms with van der Waals surface area (Å²) in [7, 11) is 0. The van der Waals surface area contributed by atoms with Gasteiger partial charge in [0.2, 0.25) is 0 Å². The van der Waals surface area contributed by atoms with Crippen LogP contribution in [0.25, 0.3) is 0 Å². The molecule has 1 saturated heterocycles. The summed E-state index contributed by atoms with van der Waals surface area (Å²) < 4.78 is 0. The van der Waals surface area contributed by atoms with Gasteiger partial charge in [-0.3, -0.25) is 4.79 Å².